The van der Waals surface area contributed by atoms with Crippen LogP contribution in [0.2, 0.25) is 0 Å². The highest BCUT2D eigenvalue weighted by molar-refractivity contribution is 9.09. The van der Waals surface area contributed by atoms with Crippen molar-refractivity contribution in [2.45, 2.75) is 38.5 Å². The van der Waals surface area contributed by atoms with Crippen LogP contribution in [0.4, 0.5) is 0 Å². The summed E-state index contributed by atoms with van der Waals surface area (Å²) in [6.07, 6.45) is 6.59. The van der Waals surface area contributed by atoms with Crippen LogP contribution >= 0.6 is 15.9 Å². The molecule has 0 spiro atoms. The Morgan fingerprint density at radius 1 is 1.23 bits per heavy atom. The number of nitrogens with zero attached hydrogens (tertiary/aromatic N) is 1. The minimum Gasteiger partial charge on any atom is -0.343 e. The quantitative estimate of drug-likeness (QED) is 0.553. The van der Waals surface area contributed by atoms with Gasteiger partial charge in [0.15, 0.2) is 0 Å². The van der Waals surface area contributed by atoms with Crippen molar-refractivity contribution in [3.63, 3.8) is 0 Å². The molecule has 76 valence electrons. The molecular formula is C10H18BrNO. The molecule has 1 saturated heterocycles. The molecule has 0 atom stereocenters. The smallest absolute Gasteiger partial charge is 0.222 e. The number of halogens is 1. The van der Waals surface area contributed by atoms with Crippen molar-refractivity contribution in [2.75, 3.05) is 18.4 Å². The van der Waals surface area contributed by atoms with Crippen LogP contribution in [-0.2, 0) is 4.79 Å². The minimum absolute atomic E-state index is 0.368. The van der Waals surface area contributed by atoms with E-state index in [1.807, 2.05) is 4.90 Å². The van der Waals surface area contributed by atoms with E-state index in [1.54, 1.807) is 0 Å². The monoisotopic (exact) mass is 247 g/mol. The summed E-state index contributed by atoms with van der Waals surface area (Å²) in [5.74, 6) is 0.368. The minimum atomic E-state index is 0.368. The summed E-state index contributed by atoms with van der Waals surface area (Å²) in [6, 6.07) is 0. The van der Waals surface area contributed by atoms with E-state index >= 15 is 0 Å². The van der Waals surface area contributed by atoms with Crippen molar-refractivity contribution in [3.8, 4) is 0 Å². The van der Waals surface area contributed by atoms with E-state index in [2.05, 4.69) is 15.9 Å². The number of hydrogen-bond acceptors (Lipinski definition) is 1. The molecular weight excluding hydrogens is 230 g/mol. The number of alkyl halides is 1. The fraction of sp³-hybridized carbons (Fsp3) is 0.900. The highest BCUT2D eigenvalue weighted by Crippen LogP contribution is 2.11. The number of amides is 1. The van der Waals surface area contributed by atoms with Gasteiger partial charge in [-0.15, -0.1) is 0 Å². The molecule has 0 bridgehead atoms. The van der Waals surface area contributed by atoms with Gasteiger partial charge in [0, 0.05) is 24.8 Å². The van der Waals surface area contributed by atoms with Crippen molar-refractivity contribution < 1.29 is 4.79 Å². The SMILES string of the molecule is O=C1CCCCCN1CCCCBr. The molecule has 2 nitrogen and oxygen atoms in total. The average Bonchev–Trinajstić information content (AvgIpc) is 2.32. The lowest BCUT2D eigenvalue weighted by molar-refractivity contribution is -0.130. The average molecular weight is 248 g/mol. The van der Waals surface area contributed by atoms with Crippen molar-refractivity contribution in [2.24, 2.45) is 0 Å². The van der Waals surface area contributed by atoms with Gasteiger partial charge in [-0.25, -0.2) is 0 Å². The standard InChI is InChI=1S/C10H18BrNO/c11-7-3-5-9-12-8-4-1-2-6-10(12)13/h1-9H2. The lowest BCUT2D eigenvalue weighted by Gasteiger charge is -2.19. The lowest BCUT2D eigenvalue weighted by Crippen LogP contribution is -2.31. The predicted molar refractivity (Wildman–Crippen MR) is 58.1 cm³/mol. The second kappa shape index (κ2) is 6.41. The first-order valence-electron chi connectivity index (χ1n) is 5.18. The van der Waals surface area contributed by atoms with Crippen molar-refractivity contribution in [1.29, 1.82) is 0 Å². The van der Waals surface area contributed by atoms with Crippen LogP contribution in [0, 0.1) is 0 Å². The van der Waals surface area contributed by atoms with Gasteiger partial charge in [0.25, 0.3) is 0 Å². The zero-order chi connectivity index (χ0) is 9.52. The third-order valence-corrected chi connectivity index (χ3v) is 3.04. The van der Waals surface area contributed by atoms with Gasteiger partial charge in [0.2, 0.25) is 5.91 Å². The Labute approximate surface area is 88.8 Å². The first kappa shape index (κ1) is 11.0. The van der Waals surface area contributed by atoms with Crippen molar-refractivity contribution in [3.05, 3.63) is 0 Å². The van der Waals surface area contributed by atoms with Gasteiger partial charge in [0.1, 0.15) is 0 Å². The maximum atomic E-state index is 11.5. The second-order valence-electron chi connectivity index (χ2n) is 3.59. The normalized spacial score (nSPS) is 18.8. The van der Waals surface area contributed by atoms with E-state index in [4.69, 9.17) is 0 Å². The van der Waals surface area contributed by atoms with Gasteiger partial charge in [-0.1, -0.05) is 22.4 Å². The molecule has 0 N–H and O–H groups in total. The van der Waals surface area contributed by atoms with Crippen LogP contribution in [-0.4, -0.2) is 29.2 Å². The molecule has 1 aliphatic rings. The molecule has 1 amide bonds. The lowest BCUT2D eigenvalue weighted by atomic mass is 10.2. The highest BCUT2D eigenvalue weighted by atomic mass is 79.9. The Bertz CT molecular complexity index is 161. The van der Waals surface area contributed by atoms with Crippen molar-refractivity contribution >= 4 is 21.8 Å². The molecule has 1 heterocycles. The molecule has 0 saturated carbocycles. The zero-order valence-electron chi connectivity index (χ0n) is 8.10. The summed E-state index contributed by atoms with van der Waals surface area (Å²) in [4.78, 5) is 13.6. The Morgan fingerprint density at radius 3 is 2.85 bits per heavy atom. The molecule has 1 aliphatic heterocycles. The number of carbonyl (C=O) groups is 1. The van der Waals surface area contributed by atoms with Crippen molar-refractivity contribution in [1.82, 2.24) is 4.90 Å². The van der Waals surface area contributed by atoms with Crippen LogP contribution in [0.25, 0.3) is 0 Å². The van der Waals surface area contributed by atoms with Crippen LogP contribution in [0.1, 0.15) is 38.5 Å². The predicted octanol–water partition coefficient (Wildman–Crippen LogP) is 2.56. The summed E-state index contributed by atoms with van der Waals surface area (Å²) in [5, 5.41) is 1.05. The van der Waals surface area contributed by atoms with E-state index < -0.39 is 0 Å². The van der Waals surface area contributed by atoms with Crippen LogP contribution in [0.15, 0.2) is 0 Å². The van der Waals surface area contributed by atoms with Gasteiger partial charge in [-0.3, -0.25) is 4.79 Å². The fourth-order valence-corrected chi connectivity index (χ4v) is 2.07. The molecule has 0 radical (unpaired) electrons. The molecule has 1 rings (SSSR count). The molecule has 13 heavy (non-hydrogen) atoms. The third kappa shape index (κ3) is 4.12. The molecule has 1 fully saturated rings. The Morgan fingerprint density at radius 2 is 2.08 bits per heavy atom. The second-order valence-corrected chi connectivity index (χ2v) is 4.38. The van der Waals surface area contributed by atoms with Crippen LogP contribution < -0.4 is 0 Å². The maximum Gasteiger partial charge on any atom is 0.222 e. The highest BCUT2D eigenvalue weighted by Gasteiger charge is 2.15. The summed E-state index contributed by atoms with van der Waals surface area (Å²) in [6.45, 7) is 1.95. The van der Waals surface area contributed by atoms with Gasteiger partial charge >= 0.3 is 0 Å². The number of hydrogen-bond donors (Lipinski definition) is 0. The summed E-state index contributed by atoms with van der Waals surface area (Å²) >= 11 is 3.40. The zero-order valence-corrected chi connectivity index (χ0v) is 9.68. The third-order valence-electron chi connectivity index (χ3n) is 2.48. The fourth-order valence-electron chi connectivity index (χ4n) is 1.67. The first-order valence-corrected chi connectivity index (χ1v) is 6.30. The van der Waals surface area contributed by atoms with Gasteiger partial charge in [-0.05, 0) is 25.7 Å². The number of rotatable bonds is 4. The Hall–Kier alpha value is -0.0500. The molecule has 0 aromatic rings. The summed E-state index contributed by atoms with van der Waals surface area (Å²) in [7, 11) is 0. The van der Waals surface area contributed by atoms with Gasteiger partial charge < -0.3 is 4.90 Å². The number of likely N-dealkylation sites (tertiary alicyclic amines) is 1. The van der Waals surface area contributed by atoms with E-state index in [0.717, 1.165) is 37.7 Å². The molecule has 0 unspecified atom stereocenters. The number of carbonyl (C=O) groups excluding carboxylic acids is 1. The van der Waals surface area contributed by atoms with E-state index in [1.165, 1.54) is 19.3 Å². The Balaban J connectivity index is 2.24. The topological polar surface area (TPSA) is 20.3 Å². The van der Waals surface area contributed by atoms with E-state index in [-0.39, 0.29) is 0 Å². The summed E-state index contributed by atoms with van der Waals surface area (Å²) < 4.78 is 0. The van der Waals surface area contributed by atoms with Gasteiger partial charge in [-0.2, -0.15) is 0 Å². The van der Waals surface area contributed by atoms with Crippen LogP contribution in [0.3, 0.4) is 0 Å². The van der Waals surface area contributed by atoms with E-state index in [9.17, 15) is 4.79 Å². The molecule has 0 aromatic heterocycles. The maximum absolute atomic E-state index is 11.5. The first-order chi connectivity index (χ1) is 6.34. The largest absolute Gasteiger partial charge is 0.343 e. The van der Waals surface area contributed by atoms with Gasteiger partial charge in [0.05, 0.1) is 0 Å². The molecule has 3 heteroatoms. The Kier molecular flexibility index (Phi) is 5.44. The molecule has 0 aliphatic carbocycles. The van der Waals surface area contributed by atoms with E-state index in [0.29, 0.717) is 5.91 Å². The summed E-state index contributed by atoms with van der Waals surface area (Å²) in [5.41, 5.74) is 0. The van der Waals surface area contributed by atoms with Crippen LogP contribution in [0.5, 0.6) is 0 Å². The number of unbranched alkanes of at least 4 members (excludes halogenated alkanes) is 1. The molecule has 0 aromatic carbocycles.